The molecular weight excluding hydrogens is 524 g/mol. The highest BCUT2D eigenvalue weighted by molar-refractivity contribution is 5.75. The van der Waals surface area contributed by atoms with E-state index in [1.165, 1.54) is 6.92 Å². The molecule has 0 aromatic rings. The standard InChI is InChI=1S/C30H53F2NO7/c1-7-12-16-35-22-24-25(37-17-13-8-2)26(38-18-14-9-3)27(39-19-15-10-4)29(6,40-24)30(31,32)20-23(21-33)28(34)36-11-5/h23-27H,7-20,22H2,1-6H3/t23?,24-,25+,26+,27-,29-/m1/s1. The summed E-state index contributed by atoms with van der Waals surface area (Å²) in [5.74, 6) is -6.30. The van der Waals surface area contributed by atoms with Crippen LogP contribution in [0.5, 0.6) is 0 Å². The lowest BCUT2D eigenvalue weighted by atomic mass is 9.78. The molecule has 40 heavy (non-hydrogen) atoms. The molecule has 1 aliphatic rings. The number of alkyl halides is 2. The fraction of sp³-hybridized carbons (Fsp3) is 0.933. The van der Waals surface area contributed by atoms with E-state index in [4.69, 9.17) is 28.4 Å². The van der Waals surface area contributed by atoms with Crippen molar-refractivity contribution in [3.63, 3.8) is 0 Å². The van der Waals surface area contributed by atoms with Crippen molar-refractivity contribution in [2.45, 2.75) is 135 Å². The summed E-state index contributed by atoms with van der Waals surface area (Å²) in [6.07, 6.45) is 1.81. The van der Waals surface area contributed by atoms with Gasteiger partial charge in [0.2, 0.25) is 0 Å². The maximum atomic E-state index is 16.4. The van der Waals surface area contributed by atoms with Crippen LogP contribution in [0.3, 0.4) is 0 Å². The topological polar surface area (TPSA) is 96.2 Å². The lowest BCUT2D eigenvalue weighted by molar-refractivity contribution is -0.348. The molecule has 0 N–H and O–H groups in total. The van der Waals surface area contributed by atoms with E-state index >= 15 is 8.78 Å². The summed E-state index contributed by atoms with van der Waals surface area (Å²) in [6, 6.07) is 1.69. The van der Waals surface area contributed by atoms with Gasteiger partial charge in [-0.1, -0.05) is 53.4 Å². The number of carbonyl (C=O) groups excluding carboxylic acids is 1. The van der Waals surface area contributed by atoms with E-state index in [9.17, 15) is 10.1 Å². The number of hydrogen-bond acceptors (Lipinski definition) is 8. The second-order valence-corrected chi connectivity index (χ2v) is 10.6. The number of unbranched alkanes of at least 4 members (excludes halogenated alkanes) is 4. The lowest BCUT2D eigenvalue weighted by Gasteiger charge is -2.54. The molecule has 0 aromatic heterocycles. The van der Waals surface area contributed by atoms with Gasteiger partial charge in [0.1, 0.15) is 30.3 Å². The smallest absolute Gasteiger partial charge is 0.323 e. The van der Waals surface area contributed by atoms with Crippen molar-refractivity contribution in [1.82, 2.24) is 0 Å². The summed E-state index contributed by atoms with van der Waals surface area (Å²) < 4.78 is 68.6. The first-order valence-electron chi connectivity index (χ1n) is 15.2. The van der Waals surface area contributed by atoms with Gasteiger partial charge in [-0.2, -0.15) is 5.26 Å². The van der Waals surface area contributed by atoms with E-state index in [0.29, 0.717) is 26.2 Å². The number of rotatable bonds is 22. The van der Waals surface area contributed by atoms with Crippen LogP contribution in [-0.2, 0) is 33.2 Å². The Bertz CT molecular complexity index is 735. The Morgan fingerprint density at radius 2 is 1.43 bits per heavy atom. The second-order valence-electron chi connectivity index (χ2n) is 10.6. The Morgan fingerprint density at radius 3 is 1.95 bits per heavy atom. The average Bonchev–Trinajstić information content (AvgIpc) is 2.92. The molecule has 0 radical (unpaired) electrons. The van der Waals surface area contributed by atoms with Crippen molar-refractivity contribution >= 4 is 5.97 Å². The molecule has 0 aromatic carbocycles. The van der Waals surface area contributed by atoms with Crippen molar-refractivity contribution in [3.05, 3.63) is 0 Å². The minimum Gasteiger partial charge on any atom is -0.465 e. The van der Waals surface area contributed by atoms with Crippen molar-refractivity contribution in [2.24, 2.45) is 5.92 Å². The molecule has 1 unspecified atom stereocenters. The van der Waals surface area contributed by atoms with Crippen molar-refractivity contribution in [3.8, 4) is 6.07 Å². The molecule has 0 saturated carbocycles. The van der Waals surface area contributed by atoms with Crippen LogP contribution in [0.15, 0.2) is 0 Å². The van der Waals surface area contributed by atoms with Crippen LogP contribution in [0.1, 0.15) is 99.3 Å². The summed E-state index contributed by atoms with van der Waals surface area (Å²) in [5, 5.41) is 9.56. The quantitative estimate of drug-likeness (QED) is 0.110. The first-order valence-corrected chi connectivity index (χ1v) is 15.2. The van der Waals surface area contributed by atoms with Crippen molar-refractivity contribution < 1.29 is 42.0 Å². The molecule has 10 heteroatoms. The maximum absolute atomic E-state index is 16.4. The van der Waals surface area contributed by atoms with Gasteiger partial charge in [-0.3, -0.25) is 4.79 Å². The minimum absolute atomic E-state index is 0.0135. The van der Waals surface area contributed by atoms with Gasteiger partial charge < -0.3 is 28.4 Å². The molecule has 0 spiro atoms. The number of carbonyl (C=O) groups is 1. The fourth-order valence-corrected chi connectivity index (χ4v) is 4.62. The third-order valence-corrected chi connectivity index (χ3v) is 7.18. The summed E-state index contributed by atoms with van der Waals surface area (Å²) in [6.45, 7) is 12.4. The van der Waals surface area contributed by atoms with Crippen molar-refractivity contribution in [1.29, 1.82) is 5.26 Å². The largest absolute Gasteiger partial charge is 0.465 e. The van der Waals surface area contributed by atoms with Gasteiger partial charge in [0.15, 0.2) is 5.60 Å². The SMILES string of the molecule is CCCCOC[C@H]1O[C@@](C)(C(F)(F)CC(C#N)C(=O)OCC)[C@H](OCCCC)[C@@H](OCCCC)[C@H]1OCCCC. The van der Waals surface area contributed by atoms with Gasteiger partial charge >= 0.3 is 5.97 Å². The van der Waals surface area contributed by atoms with Gasteiger partial charge in [-0.25, -0.2) is 8.78 Å². The van der Waals surface area contributed by atoms with Gasteiger partial charge in [0.25, 0.3) is 5.92 Å². The van der Waals surface area contributed by atoms with Crippen LogP contribution in [0.25, 0.3) is 0 Å². The van der Waals surface area contributed by atoms with Gasteiger partial charge in [-0.15, -0.1) is 0 Å². The fourth-order valence-electron chi connectivity index (χ4n) is 4.62. The molecule has 0 aliphatic carbocycles. The zero-order valence-corrected chi connectivity index (χ0v) is 25.6. The molecule has 234 valence electrons. The first-order chi connectivity index (χ1) is 19.2. The molecule has 6 atom stereocenters. The summed E-state index contributed by atoms with van der Waals surface area (Å²) >= 11 is 0. The van der Waals surface area contributed by atoms with E-state index in [1.54, 1.807) is 13.0 Å². The highest BCUT2D eigenvalue weighted by Gasteiger charge is 2.66. The Kier molecular flexibility index (Phi) is 18.0. The normalized spacial score (nSPS) is 25.9. The highest BCUT2D eigenvalue weighted by Crippen LogP contribution is 2.47. The number of esters is 1. The van der Waals surface area contributed by atoms with E-state index in [-0.39, 0.29) is 19.8 Å². The maximum Gasteiger partial charge on any atom is 0.323 e. The van der Waals surface area contributed by atoms with E-state index in [0.717, 1.165) is 44.9 Å². The van der Waals surface area contributed by atoms with E-state index < -0.39 is 54.2 Å². The third kappa shape index (κ3) is 10.8. The van der Waals surface area contributed by atoms with E-state index in [2.05, 4.69) is 0 Å². The highest BCUT2D eigenvalue weighted by atomic mass is 19.3. The minimum atomic E-state index is -3.65. The molecular formula is C30H53F2NO7. The zero-order chi connectivity index (χ0) is 30.0. The molecule has 1 saturated heterocycles. The number of halogens is 2. The second kappa shape index (κ2) is 19.7. The summed E-state index contributed by atoms with van der Waals surface area (Å²) in [7, 11) is 0. The van der Waals surface area contributed by atoms with Crippen LogP contribution < -0.4 is 0 Å². The number of ether oxygens (including phenoxy) is 6. The molecule has 1 aliphatic heterocycles. The predicted octanol–water partition coefficient (Wildman–Crippen LogP) is 6.24. The summed E-state index contributed by atoms with van der Waals surface area (Å²) in [4.78, 5) is 12.3. The summed E-state index contributed by atoms with van der Waals surface area (Å²) in [5.41, 5.74) is -2.23. The lowest BCUT2D eigenvalue weighted by Crippen LogP contribution is -2.72. The average molecular weight is 578 g/mol. The van der Waals surface area contributed by atoms with Crippen LogP contribution in [0.4, 0.5) is 8.78 Å². The van der Waals surface area contributed by atoms with Gasteiger partial charge in [0, 0.05) is 32.8 Å². The third-order valence-electron chi connectivity index (χ3n) is 7.18. The van der Waals surface area contributed by atoms with Crippen LogP contribution in [-0.4, -0.2) is 81.6 Å². The Labute approximate surface area is 240 Å². The number of hydrogen-bond donors (Lipinski definition) is 0. The molecule has 1 rings (SSSR count). The molecule has 1 heterocycles. The van der Waals surface area contributed by atoms with Crippen LogP contribution in [0.2, 0.25) is 0 Å². The number of nitriles is 1. The Morgan fingerprint density at radius 1 is 0.900 bits per heavy atom. The molecule has 8 nitrogen and oxygen atoms in total. The zero-order valence-electron chi connectivity index (χ0n) is 25.6. The predicted molar refractivity (Wildman–Crippen MR) is 148 cm³/mol. The molecule has 1 fully saturated rings. The molecule has 0 bridgehead atoms. The molecule has 0 amide bonds. The van der Waals surface area contributed by atoms with Crippen molar-refractivity contribution in [2.75, 3.05) is 39.6 Å². The monoisotopic (exact) mass is 577 g/mol. The number of nitrogens with zero attached hydrogens (tertiary/aromatic N) is 1. The van der Waals surface area contributed by atoms with Gasteiger partial charge in [-0.05, 0) is 39.5 Å². The Hall–Kier alpha value is -1.38. The first kappa shape index (κ1) is 36.6. The van der Waals surface area contributed by atoms with Crippen LogP contribution >= 0.6 is 0 Å². The van der Waals surface area contributed by atoms with E-state index in [1.807, 2.05) is 27.7 Å². The van der Waals surface area contributed by atoms with Gasteiger partial charge in [0.05, 0.1) is 19.3 Å². The van der Waals surface area contributed by atoms with Crippen LogP contribution in [0, 0.1) is 17.2 Å². The Balaban J connectivity index is 3.54.